The van der Waals surface area contributed by atoms with Gasteiger partial charge in [-0.05, 0) is 42.2 Å². The SMILES string of the molecule is COc1ccc(C)cc1S(=O)(=O)N1CCN(c2ccccc2C(C)C)CC1. The number of nitrogens with zero attached hydrogens (tertiary/aromatic N) is 2. The summed E-state index contributed by atoms with van der Waals surface area (Å²) in [5, 5.41) is 0. The van der Waals surface area contributed by atoms with Crippen LogP contribution in [-0.2, 0) is 10.0 Å². The Morgan fingerprint density at radius 1 is 1.00 bits per heavy atom. The van der Waals surface area contributed by atoms with Gasteiger partial charge in [-0.25, -0.2) is 8.42 Å². The summed E-state index contributed by atoms with van der Waals surface area (Å²) in [4.78, 5) is 2.54. The monoisotopic (exact) mass is 388 g/mol. The minimum atomic E-state index is -3.58. The van der Waals surface area contributed by atoms with Crippen LogP contribution in [0.25, 0.3) is 0 Å². The number of sulfonamides is 1. The molecule has 0 bridgehead atoms. The van der Waals surface area contributed by atoms with Crippen LogP contribution in [0.5, 0.6) is 5.75 Å². The van der Waals surface area contributed by atoms with Gasteiger partial charge in [-0.15, -0.1) is 0 Å². The molecule has 0 N–H and O–H groups in total. The van der Waals surface area contributed by atoms with Crippen molar-refractivity contribution in [3.63, 3.8) is 0 Å². The molecule has 1 saturated heterocycles. The fourth-order valence-electron chi connectivity index (χ4n) is 3.56. The molecule has 0 spiro atoms. The number of para-hydroxylation sites is 1. The van der Waals surface area contributed by atoms with Gasteiger partial charge in [0.2, 0.25) is 10.0 Å². The van der Waals surface area contributed by atoms with E-state index in [0.717, 1.165) is 5.56 Å². The minimum absolute atomic E-state index is 0.251. The lowest BCUT2D eigenvalue weighted by Crippen LogP contribution is -2.49. The van der Waals surface area contributed by atoms with Crippen molar-refractivity contribution in [2.45, 2.75) is 31.6 Å². The topological polar surface area (TPSA) is 49.9 Å². The molecule has 3 rings (SSSR count). The molecular weight excluding hydrogens is 360 g/mol. The maximum Gasteiger partial charge on any atom is 0.246 e. The molecule has 1 aliphatic rings. The van der Waals surface area contributed by atoms with Crippen LogP contribution < -0.4 is 9.64 Å². The second kappa shape index (κ2) is 7.90. The first kappa shape index (κ1) is 19.7. The van der Waals surface area contributed by atoms with E-state index >= 15 is 0 Å². The molecule has 0 radical (unpaired) electrons. The molecule has 0 unspecified atom stereocenters. The summed E-state index contributed by atoms with van der Waals surface area (Å²) < 4.78 is 33.2. The Morgan fingerprint density at radius 2 is 1.67 bits per heavy atom. The van der Waals surface area contributed by atoms with Gasteiger partial charge >= 0.3 is 0 Å². The van der Waals surface area contributed by atoms with Crippen molar-refractivity contribution in [2.24, 2.45) is 0 Å². The number of ether oxygens (including phenoxy) is 1. The van der Waals surface area contributed by atoms with Crippen LogP contribution in [-0.4, -0.2) is 46.0 Å². The summed E-state index contributed by atoms with van der Waals surface area (Å²) in [6, 6.07) is 13.7. The van der Waals surface area contributed by atoms with Gasteiger partial charge in [0.15, 0.2) is 0 Å². The summed E-state index contributed by atoms with van der Waals surface area (Å²) in [6.45, 7) is 8.54. The fraction of sp³-hybridized carbons (Fsp3) is 0.429. The lowest BCUT2D eigenvalue weighted by Gasteiger charge is -2.37. The summed E-state index contributed by atoms with van der Waals surface area (Å²) in [7, 11) is -2.07. The second-order valence-corrected chi connectivity index (χ2v) is 9.17. The van der Waals surface area contributed by atoms with Crippen LogP contribution >= 0.6 is 0 Å². The maximum atomic E-state index is 13.2. The molecule has 0 atom stereocenters. The minimum Gasteiger partial charge on any atom is -0.495 e. The molecule has 0 aromatic heterocycles. The quantitative estimate of drug-likeness (QED) is 0.785. The zero-order valence-electron chi connectivity index (χ0n) is 16.5. The Morgan fingerprint density at radius 3 is 2.30 bits per heavy atom. The molecule has 0 saturated carbocycles. The fourth-order valence-corrected chi connectivity index (χ4v) is 5.22. The Hall–Kier alpha value is -2.05. The van der Waals surface area contributed by atoms with Gasteiger partial charge in [0, 0.05) is 31.9 Å². The molecule has 0 aliphatic carbocycles. The average Bonchev–Trinajstić information content (AvgIpc) is 2.68. The highest BCUT2D eigenvalue weighted by Crippen LogP contribution is 2.31. The van der Waals surface area contributed by atoms with E-state index in [2.05, 4.69) is 36.9 Å². The summed E-state index contributed by atoms with van der Waals surface area (Å²) >= 11 is 0. The first-order chi connectivity index (χ1) is 12.8. The van der Waals surface area contributed by atoms with Crippen LogP contribution in [0.15, 0.2) is 47.4 Å². The van der Waals surface area contributed by atoms with E-state index < -0.39 is 10.0 Å². The number of benzene rings is 2. The molecule has 1 heterocycles. The highest BCUT2D eigenvalue weighted by atomic mass is 32.2. The van der Waals surface area contributed by atoms with Gasteiger partial charge < -0.3 is 9.64 Å². The molecular formula is C21H28N2O3S. The predicted octanol–water partition coefficient (Wildman–Crippen LogP) is 3.64. The van der Waals surface area contributed by atoms with E-state index in [-0.39, 0.29) is 4.90 Å². The van der Waals surface area contributed by atoms with Crippen LogP contribution in [0, 0.1) is 6.92 Å². The maximum absolute atomic E-state index is 13.2. The largest absolute Gasteiger partial charge is 0.495 e. The van der Waals surface area contributed by atoms with E-state index in [1.807, 2.05) is 19.1 Å². The van der Waals surface area contributed by atoms with Crippen molar-refractivity contribution in [1.82, 2.24) is 4.31 Å². The van der Waals surface area contributed by atoms with E-state index in [4.69, 9.17) is 4.74 Å². The number of rotatable bonds is 5. The standard InChI is InChI=1S/C21H28N2O3S/c1-16(2)18-7-5-6-8-19(18)22-11-13-23(14-12-22)27(24,25)21-15-17(3)9-10-20(21)26-4/h5-10,15-16H,11-14H2,1-4H3. The van der Waals surface area contributed by atoms with Crippen molar-refractivity contribution in [2.75, 3.05) is 38.2 Å². The lowest BCUT2D eigenvalue weighted by molar-refractivity contribution is 0.374. The molecule has 2 aromatic carbocycles. The third kappa shape index (κ3) is 3.96. The van der Waals surface area contributed by atoms with Gasteiger partial charge in [-0.1, -0.05) is 38.1 Å². The Labute approximate surface area is 162 Å². The van der Waals surface area contributed by atoms with E-state index in [1.54, 1.807) is 16.4 Å². The first-order valence-corrected chi connectivity index (χ1v) is 10.8. The summed E-state index contributed by atoms with van der Waals surface area (Å²) in [6.07, 6.45) is 0. The van der Waals surface area contributed by atoms with Crippen LogP contribution in [0.2, 0.25) is 0 Å². The van der Waals surface area contributed by atoms with Crippen molar-refractivity contribution in [3.8, 4) is 5.75 Å². The van der Waals surface area contributed by atoms with Gasteiger partial charge in [-0.2, -0.15) is 4.31 Å². The zero-order valence-corrected chi connectivity index (χ0v) is 17.3. The number of hydrogen-bond donors (Lipinski definition) is 0. The molecule has 6 heteroatoms. The lowest BCUT2D eigenvalue weighted by atomic mass is 10.00. The van der Waals surface area contributed by atoms with E-state index in [1.165, 1.54) is 18.4 Å². The van der Waals surface area contributed by atoms with Crippen molar-refractivity contribution in [1.29, 1.82) is 0 Å². The third-order valence-electron chi connectivity index (χ3n) is 5.08. The highest BCUT2D eigenvalue weighted by Gasteiger charge is 2.31. The zero-order chi connectivity index (χ0) is 19.6. The first-order valence-electron chi connectivity index (χ1n) is 9.33. The van der Waals surface area contributed by atoms with Gasteiger partial charge in [0.25, 0.3) is 0 Å². The third-order valence-corrected chi connectivity index (χ3v) is 6.99. The highest BCUT2D eigenvalue weighted by molar-refractivity contribution is 7.89. The second-order valence-electron chi connectivity index (χ2n) is 7.26. The Bertz CT molecular complexity index is 901. The van der Waals surface area contributed by atoms with Crippen molar-refractivity contribution < 1.29 is 13.2 Å². The van der Waals surface area contributed by atoms with E-state index in [9.17, 15) is 8.42 Å². The van der Waals surface area contributed by atoms with Crippen LogP contribution in [0.4, 0.5) is 5.69 Å². The molecule has 1 fully saturated rings. The smallest absolute Gasteiger partial charge is 0.246 e. The number of hydrogen-bond acceptors (Lipinski definition) is 4. The molecule has 1 aliphatic heterocycles. The van der Waals surface area contributed by atoms with Crippen LogP contribution in [0.3, 0.4) is 0 Å². The van der Waals surface area contributed by atoms with Gasteiger partial charge in [0.1, 0.15) is 10.6 Å². The molecule has 146 valence electrons. The average molecular weight is 389 g/mol. The molecule has 5 nitrogen and oxygen atoms in total. The van der Waals surface area contributed by atoms with Crippen molar-refractivity contribution in [3.05, 3.63) is 53.6 Å². The number of aryl methyl sites for hydroxylation is 1. The van der Waals surface area contributed by atoms with E-state index in [0.29, 0.717) is 37.8 Å². The van der Waals surface area contributed by atoms with Gasteiger partial charge in [-0.3, -0.25) is 0 Å². The van der Waals surface area contributed by atoms with Crippen LogP contribution in [0.1, 0.15) is 30.9 Å². The number of piperazine rings is 1. The number of anilines is 1. The number of methoxy groups -OCH3 is 1. The molecule has 2 aromatic rings. The molecule has 0 amide bonds. The predicted molar refractivity (Wildman–Crippen MR) is 109 cm³/mol. The van der Waals surface area contributed by atoms with Gasteiger partial charge in [0.05, 0.1) is 7.11 Å². The summed E-state index contributed by atoms with van der Waals surface area (Å²) in [5.41, 5.74) is 3.41. The van der Waals surface area contributed by atoms with Crippen molar-refractivity contribution >= 4 is 15.7 Å². The Kier molecular flexibility index (Phi) is 5.77. The summed E-state index contributed by atoms with van der Waals surface area (Å²) in [5.74, 6) is 0.827. The molecule has 27 heavy (non-hydrogen) atoms. The Balaban J connectivity index is 1.81. The normalized spacial score (nSPS) is 16.0.